The van der Waals surface area contributed by atoms with E-state index in [2.05, 4.69) is 44.0 Å². The van der Waals surface area contributed by atoms with Gasteiger partial charge in [0.05, 0.1) is 13.7 Å². The number of aliphatic imine (C=N–C) groups is 1. The maximum Gasteiger partial charge on any atom is 0.191 e. The molecule has 0 saturated heterocycles. The first-order valence-electron chi connectivity index (χ1n) is 7.98. The van der Waals surface area contributed by atoms with Crippen molar-refractivity contribution in [1.29, 1.82) is 0 Å². The summed E-state index contributed by atoms with van der Waals surface area (Å²) in [6, 6.07) is 6.28. The number of ether oxygens (including phenoxy) is 1. The molecule has 0 aliphatic rings. The van der Waals surface area contributed by atoms with Crippen LogP contribution in [0, 0.1) is 13.8 Å². The molecule has 0 aliphatic heterocycles. The van der Waals surface area contributed by atoms with Crippen LogP contribution in [0.1, 0.15) is 22.8 Å². The van der Waals surface area contributed by atoms with Gasteiger partial charge in [0.25, 0.3) is 0 Å². The third-order valence-electron chi connectivity index (χ3n) is 4.00. The number of nitrogens with one attached hydrogen (secondary N) is 2. The highest BCUT2D eigenvalue weighted by molar-refractivity contribution is 14.0. The molecule has 8 heteroatoms. The van der Waals surface area contributed by atoms with E-state index >= 15 is 0 Å². The van der Waals surface area contributed by atoms with Crippen LogP contribution in [-0.4, -0.2) is 41.4 Å². The van der Waals surface area contributed by atoms with Gasteiger partial charge in [-0.3, -0.25) is 4.99 Å². The van der Waals surface area contributed by atoms with E-state index in [4.69, 9.17) is 4.74 Å². The summed E-state index contributed by atoms with van der Waals surface area (Å²) in [7, 11) is 5.41. The van der Waals surface area contributed by atoms with Crippen LogP contribution in [0.25, 0.3) is 0 Å². The Morgan fingerprint density at radius 3 is 2.60 bits per heavy atom. The zero-order chi connectivity index (χ0) is 17.5. The molecular formula is C17H27IN6O. The number of aromatic nitrogens is 3. The third-order valence-corrected chi connectivity index (χ3v) is 4.00. The number of guanidine groups is 1. The number of aryl methyl sites for hydroxylation is 2. The second kappa shape index (κ2) is 10.2. The topological polar surface area (TPSA) is 76.4 Å². The Labute approximate surface area is 166 Å². The molecule has 138 valence electrons. The first-order chi connectivity index (χ1) is 11.5. The zero-order valence-corrected chi connectivity index (χ0v) is 17.8. The van der Waals surface area contributed by atoms with E-state index in [0.29, 0.717) is 6.54 Å². The predicted octanol–water partition coefficient (Wildman–Crippen LogP) is 1.97. The molecule has 0 atom stereocenters. The van der Waals surface area contributed by atoms with Gasteiger partial charge in [0, 0.05) is 20.6 Å². The van der Waals surface area contributed by atoms with Crippen LogP contribution in [-0.2, 0) is 20.0 Å². The number of hydrogen-bond acceptors (Lipinski definition) is 4. The highest BCUT2D eigenvalue weighted by Crippen LogP contribution is 2.18. The van der Waals surface area contributed by atoms with Crippen molar-refractivity contribution < 1.29 is 4.74 Å². The van der Waals surface area contributed by atoms with Crippen molar-refractivity contribution in [3.63, 3.8) is 0 Å². The molecule has 2 rings (SSSR count). The summed E-state index contributed by atoms with van der Waals surface area (Å²) >= 11 is 0. The maximum atomic E-state index is 5.36. The summed E-state index contributed by atoms with van der Waals surface area (Å²) in [6.45, 7) is 5.33. The fourth-order valence-electron chi connectivity index (χ4n) is 2.33. The normalized spacial score (nSPS) is 11.0. The lowest BCUT2D eigenvalue weighted by Gasteiger charge is -2.12. The van der Waals surface area contributed by atoms with Crippen molar-refractivity contribution in [1.82, 2.24) is 25.4 Å². The molecule has 0 bridgehead atoms. The minimum atomic E-state index is 0. The van der Waals surface area contributed by atoms with Gasteiger partial charge in [-0.2, -0.15) is 0 Å². The number of rotatable bonds is 6. The largest absolute Gasteiger partial charge is 0.496 e. The molecule has 1 heterocycles. The second-order valence-corrected chi connectivity index (χ2v) is 5.63. The van der Waals surface area contributed by atoms with Gasteiger partial charge in [0.2, 0.25) is 0 Å². The molecule has 2 N–H and O–H groups in total. The Kier molecular flexibility index (Phi) is 8.67. The average molecular weight is 458 g/mol. The molecule has 1 aromatic carbocycles. The molecule has 0 spiro atoms. The quantitative estimate of drug-likeness (QED) is 0.394. The van der Waals surface area contributed by atoms with Crippen molar-refractivity contribution in [2.45, 2.75) is 26.8 Å². The fraction of sp³-hybridized carbons (Fsp3) is 0.471. The Hall–Kier alpha value is -1.84. The summed E-state index contributed by atoms with van der Waals surface area (Å²) in [6.07, 6.45) is 0.889. The molecule has 7 nitrogen and oxygen atoms in total. The molecule has 0 saturated carbocycles. The Morgan fingerprint density at radius 1 is 1.24 bits per heavy atom. The Bertz CT molecular complexity index is 713. The van der Waals surface area contributed by atoms with Gasteiger partial charge >= 0.3 is 0 Å². The molecular weight excluding hydrogens is 431 g/mol. The third kappa shape index (κ3) is 5.87. The van der Waals surface area contributed by atoms with Gasteiger partial charge < -0.3 is 19.9 Å². The number of benzene rings is 1. The van der Waals surface area contributed by atoms with Gasteiger partial charge in [0.1, 0.15) is 11.6 Å². The zero-order valence-electron chi connectivity index (χ0n) is 15.5. The minimum Gasteiger partial charge on any atom is -0.496 e. The summed E-state index contributed by atoms with van der Waals surface area (Å²) < 4.78 is 7.32. The van der Waals surface area contributed by atoms with E-state index in [-0.39, 0.29) is 24.0 Å². The standard InChI is InChI=1S/C17H26N6O.HI/c1-12-6-7-14(10-15(12)24-5)8-9-19-17(18-3)20-11-16-22-21-13(2)23(16)4;/h6-7,10H,8-9,11H2,1-5H3,(H2,18,19,20);1H. The summed E-state index contributed by atoms with van der Waals surface area (Å²) in [5.41, 5.74) is 2.37. The number of methoxy groups -OCH3 is 1. The molecule has 0 aliphatic carbocycles. The minimum absolute atomic E-state index is 0. The number of hydrogen-bond donors (Lipinski definition) is 2. The van der Waals surface area contributed by atoms with Gasteiger partial charge in [-0.15, -0.1) is 34.2 Å². The van der Waals surface area contributed by atoms with Crippen LogP contribution < -0.4 is 15.4 Å². The van der Waals surface area contributed by atoms with Crippen LogP contribution in [0.3, 0.4) is 0 Å². The molecule has 0 unspecified atom stereocenters. The van der Waals surface area contributed by atoms with Crippen molar-refractivity contribution >= 4 is 29.9 Å². The van der Waals surface area contributed by atoms with E-state index < -0.39 is 0 Å². The van der Waals surface area contributed by atoms with Crippen LogP contribution >= 0.6 is 24.0 Å². The van der Waals surface area contributed by atoms with Crippen molar-refractivity contribution in [2.75, 3.05) is 20.7 Å². The number of halogens is 1. The smallest absolute Gasteiger partial charge is 0.191 e. The van der Waals surface area contributed by atoms with Gasteiger partial charge in [-0.1, -0.05) is 12.1 Å². The summed E-state index contributed by atoms with van der Waals surface area (Å²) in [5, 5.41) is 14.7. The lowest BCUT2D eigenvalue weighted by molar-refractivity contribution is 0.411. The van der Waals surface area contributed by atoms with Gasteiger partial charge in [0.15, 0.2) is 11.8 Å². The number of nitrogens with zero attached hydrogens (tertiary/aromatic N) is 4. The maximum absolute atomic E-state index is 5.36. The molecule has 0 amide bonds. The first kappa shape index (κ1) is 21.2. The van der Waals surface area contributed by atoms with Gasteiger partial charge in [-0.05, 0) is 37.5 Å². The van der Waals surface area contributed by atoms with E-state index in [1.807, 2.05) is 25.5 Å². The highest BCUT2D eigenvalue weighted by atomic mass is 127. The molecule has 0 fully saturated rings. The molecule has 25 heavy (non-hydrogen) atoms. The van der Waals surface area contributed by atoms with Crippen LogP contribution in [0.15, 0.2) is 23.2 Å². The molecule has 0 radical (unpaired) electrons. The van der Waals surface area contributed by atoms with E-state index in [1.54, 1.807) is 14.2 Å². The Balaban J connectivity index is 0.00000312. The van der Waals surface area contributed by atoms with E-state index in [0.717, 1.165) is 41.9 Å². The Morgan fingerprint density at radius 2 is 2.00 bits per heavy atom. The van der Waals surface area contributed by atoms with Crippen molar-refractivity contribution in [2.24, 2.45) is 12.0 Å². The average Bonchev–Trinajstić information content (AvgIpc) is 2.91. The SMILES string of the molecule is CN=C(NCCc1ccc(C)c(OC)c1)NCc1nnc(C)n1C.I. The van der Waals surface area contributed by atoms with Crippen LogP contribution in [0.4, 0.5) is 0 Å². The first-order valence-corrected chi connectivity index (χ1v) is 7.98. The monoisotopic (exact) mass is 458 g/mol. The van der Waals surface area contributed by atoms with Crippen LogP contribution in [0.2, 0.25) is 0 Å². The van der Waals surface area contributed by atoms with Gasteiger partial charge in [-0.25, -0.2) is 0 Å². The lowest BCUT2D eigenvalue weighted by atomic mass is 10.1. The van der Waals surface area contributed by atoms with E-state index in [1.165, 1.54) is 5.56 Å². The molecule has 1 aromatic heterocycles. The fourth-order valence-corrected chi connectivity index (χ4v) is 2.33. The summed E-state index contributed by atoms with van der Waals surface area (Å²) in [5.74, 6) is 3.43. The van der Waals surface area contributed by atoms with Crippen LogP contribution in [0.5, 0.6) is 5.75 Å². The van der Waals surface area contributed by atoms with Crippen molar-refractivity contribution in [3.8, 4) is 5.75 Å². The molecule has 2 aromatic rings. The van der Waals surface area contributed by atoms with E-state index in [9.17, 15) is 0 Å². The second-order valence-electron chi connectivity index (χ2n) is 5.63. The summed E-state index contributed by atoms with van der Waals surface area (Å²) in [4.78, 5) is 4.23. The highest BCUT2D eigenvalue weighted by Gasteiger charge is 2.06. The predicted molar refractivity (Wildman–Crippen MR) is 111 cm³/mol. The van der Waals surface area contributed by atoms with Crippen molar-refractivity contribution in [3.05, 3.63) is 41.0 Å². The lowest BCUT2D eigenvalue weighted by Crippen LogP contribution is -2.38.